The molecule has 160 valence electrons. The zero-order valence-electron chi connectivity index (χ0n) is 18.0. The summed E-state index contributed by atoms with van der Waals surface area (Å²) in [6.07, 6.45) is 1.47. The molecule has 0 radical (unpaired) electrons. The number of rotatable bonds is 8. The predicted molar refractivity (Wildman–Crippen MR) is 116 cm³/mol. The third-order valence-corrected chi connectivity index (χ3v) is 5.96. The second-order valence-corrected chi connectivity index (χ2v) is 7.92. The first-order chi connectivity index (χ1) is 14.5. The molecule has 30 heavy (non-hydrogen) atoms. The fraction of sp³-hybridized carbons (Fsp3) is 0.417. The highest BCUT2D eigenvalue weighted by Gasteiger charge is 2.32. The fourth-order valence-corrected chi connectivity index (χ4v) is 3.85. The number of methoxy groups -OCH3 is 1. The second-order valence-electron chi connectivity index (χ2n) is 7.92. The van der Waals surface area contributed by atoms with E-state index in [1.54, 1.807) is 7.11 Å². The molecule has 1 heterocycles. The predicted octanol–water partition coefficient (Wildman–Crippen LogP) is 1.53. The monoisotopic (exact) mass is 410 g/mol. The normalized spacial score (nSPS) is 17.4. The summed E-state index contributed by atoms with van der Waals surface area (Å²) in [4.78, 5) is 25.9. The minimum Gasteiger partial charge on any atom is -0.496 e. The lowest BCUT2D eigenvalue weighted by molar-refractivity contribution is -0.695. The highest BCUT2D eigenvalue weighted by atomic mass is 16.5. The molecule has 0 spiro atoms. The highest BCUT2D eigenvalue weighted by molar-refractivity contribution is 5.89. The minimum atomic E-state index is -0.567. The average Bonchev–Trinajstić information content (AvgIpc) is 2.80. The molecule has 6 heteroatoms. The number of para-hydroxylation sites is 1. The number of fused-ring (bicyclic) bond motifs is 1. The fourth-order valence-electron chi connectivity index (χ4n) is 3.85. The molecule has 3 rings (SSSR count). The van der Waals surface area contributed by atoms with E-state index < -0.39 is 6.04 Å². The molecule has 6 nitrogen and oxygen atoms in total. The molecule has 0 saturated carbocycles. The van der Waals surface area contributed by atoms with Crippen molar-refractivity contribution in [2.75, 3.05) is 7.11 Å². The van der Waals surface area contributed by atoms with Gasteiger partial charge in [-0.1, -0.05) is 62.7 Å². The van der Waals surface area contributed by atoms with Crippen LogP contribution in [0.1, 0.15) is 37.0 Å². The van der Waals surface area contributed by atoms with Crippen LogP contribution in [0.2, 0.25) is 0 Å². The van der Waals surface area contributed by atoms with Crippen molar-refractivity contribution < 1.29 is 19.6 Å². The maximum absolute atomic E-state index is 13.0. The van der Waals surface area contributed by atoms with Gasteiger partial charge in [0.1, 0.15) is 18.3 Å². The van der Waals surface area contributed by atoms with Gasteiger partial charge in [-0.2, -0.15) is 0 Å². The largest absolute Gasteiger partial charge is 0.496 e. The first-order valence-electron chi connectivity index (χ1n) is 10.6. The number of carbonyl (C=O) groups is 2. The molecule has 2 aromatic carbocycles. The molecule has 4 N–H and O–H groups in total. The lowest BCUT2D eigenvalue weighted by Gasteiger charge is -2.27. The summed E-state index contributed by atoms with van der Waals surface area (Å²) in [6.45, 7) is 5.16. The van der Waals surface area contributed by atoms with Gasteiger partial charge >= 0.3 is 0 Å². The van der Waals surface area contributed by atoms with Gasteiger partial charge in [0.15, 0.2) is 6.04 Å². The maximum atomic E-state index is 13.0. The molecule has 1 aliphatic heterocycles. The van der Waals surface area contributed by atoms with Crippen LogP contribution in [0.3, 0.4) is 0 Å². The van der Waals surface area contributed by atoms with Crippen molar-refractivity contribution in [2.24, 2.45) is 5.92 Å². The van der Waals surface area contributed by atoms with E-state index in [0.29, 0.717) is 13.0 Å². The maximum Gasteiger partial charge on any atom is 0.279 e. The molecule has 0 unspecified atom stereocenters. The number of nitrogens with one attached hydrogen (secondary N) is 2. The Kier molecular flexibility index (Phi) is 7.46. The molecule has 2 aromatic rings. The Balaban J connectivity index is 1.64. The first kappa shape index (κ1) is 21.8. The Bertz CT molecular complexity index is 884. The summed E-state index contributed by atoms with van der Waals surface area (Å²) in [6, 6.07) is 15.0. The lowest BCUT2D eigenvalue weighted by atomic mass is 9.94. The number of ether oxygens (including phenoxy) is 1. The number of amides is 2. The lowest BCUT2D eigenvalue weighted by Crippen LogP contribution is -2.93. The van der Waals surface area contributed by atoms with Crippen molar-refractivity contribution in [1.82, 2.24) is 10.6 Å². The van der Waals surface area contributed by atoms with Gasteiger partial charge in [0.2, 0.25) is 5.91 Å². The molecule has 1 aliphatic rings. The summed E-state index contributed by atoms with van der Waals surface area (Å²) in [5.74, 6) is 0.516. The van der Waals surface area contributed by atoms with Crippen molar-refractivity contribution in [1.29, 1.82) is 0 Å². The Labute approximate surface area is 178 Å². The number of hydrogen-bond acceptors (Lipinski definition) is 3. The summed E-state index contributed by atoms with van der Waals surface area (Å²) in [5, 5.41) is 8.04. The van der Waals surface area contributed by atoms with Crippen LogP contribution in [0.15, 0.2) is 48.5 Å². The van der Waals surface area contributed by atoms with E-state index >= 15 is 0 Å². The first-order valence-corrected chi connectivity index (χ1v) is 10.6. The van der Waals surface area contributed by atoms with Crippen molar-refractivity contribution >= 4 is 11.8 Å². The van der Waals surface area contributed by atoms with Gasteiger partial charge < -0.3 is 20.7 Å². The SMILES string of the molecule is CC[C@@H](C)[C@H](NC(=O)[C@@H]1Cc2ccccc2C[NH2+]1)C(=O)NCc1ccccc1OC. The Morgan fingerprint density at radius 1 is 1.13 bits per heavy atom. The Morgan fingerprint density at radius 2 is 1.83 bits per heavy atom. The summed E-state index contributed by atoms with van der Waals surface area (Å²) < 4.78 is 5.35. The molecule has 3 atom stereocenters. The molecule has 0 aliphatic carbocycles. The van der Waals surface area contributed by atoms with Gasteiger partial charge in [-0.15, -0.1) is 0 Å². The smallest absolute Gasteiger partial charge is 0.279 e. The van der Waals surface area contributed by atoms with Gasteiger partial charge in [-0.05, 0) is 17.5 Å². The zero-order valence-corrected chi connectivity index (χ0v) is 18.0. The summed E-state index contributed by atoms with van der Waals surface area (Å²) >= 11 is 0. The summed E-state index contributed by atoms with van der Waals surface area (Å²) in [7, 11) is 1.61. The zero-order chi connectivity index (χ0) is 21.5. The standard InChI is InChI=1S/C24H31N3O3/c1-4-16(2)22(24(29)26-15-19-11-7-8-12-21(19)30-3)27-23(28)20-13-17-9-5-6-10-18(17)14-25-20/h5-12,16,20,22,25H,4,13-15H2,1-3H3,(H,26,29)(H,27,28)/p+1/t16-,20+,22+/m1/s1. The number of nitrogens with two attached hydrogens (primary N) is 1. The molecule has 0 aromatic heterocycles. The van der Waals surface area contributed by atoms with E-state index in [1.807, 2.05) is 50.2 Å². The van der Waals surface area contributed by atoms with Gasteiger partial charge in [-0.25, -0.2) is 0 Å². The molecular formula is C24H32N3O3+. The van der Waals surface area contributed by atoms with Gasteiger partial charge in [-0.3, -0.25) is 9.59 Å². The van der Waals surface area contributed by atoms with E-state index in [1.165, 1.54) is 11.1 Å². The van der Waals surface area contributed by atoms with Crippen LogP contribution in [-0.2, 0) is 29.1 Å². The topological polar surface area (TPSA) is 84.0 Å². The average molecular weight is 411 g/mol. The van der Waals surface area contributed by atoms with Crippen LogP contribution in [-0.4, -0.2) is 31.0 Å². The van der Waals surface area contributed by atoms with Crippen LogP contribution in [0.25, 0.3) is 0 Å². The molecular weight excluding hydrogens is 378 g/mol. The van der Waals surface area contributed by atoms with Crippen LogP contribution < -0.4 is 20.7 Å². The van der Waals surface area contributed by atoms with Crippen LogP contribution >= 0.6 is 0 Å². The number of quaternary nitrogens is 1. The third kappa shape index (κ3) is 5.19. The summed E-state index contributed by atoms with van der Waals surface area (Å²) in [5.41, 5.74) is 3.38. The van der Waals surface area contributed by atoms with E-state index in [2.05, 4.69) is 28.1 Å². The van der Waals surface area contributed by atoms with E-state index in [4.69, 9.17) is 4.74 Å². The number of benzene rings is 2. The third-order valence-electron chi connectivity index (χ3n) is 5.96. The van der Waals surface area contributed by atoms with Crippen molar-refractivity contribution in [2.45, 2.75) is 51.9 Å². The van der Waals surface area contributed by atoms with E-state index in [0.717, 1.165) is 24.3 Å². The van der Waals surface area contributed by atoms with E-state index in [9.17, 15) is 9.59 Å². The van der Waals surface area contributed by atoms with Crippen molar-refractivity contribution in [3.8, 4) is 5.75 Å². The minimum absolute atomic E-state index is 0.0301. The molecule has 0 bridgehead atoms. The molecule has 0 saturated heterocycles. The van der Waals surface area contributed by atoms with Gasteiger partial charge in [0.25, 0.3) is 5.91 Å². The number of hydrogen-bond donors (Lipinski definition) is 3. The van der Waals surface area contributed by atoms with Gasteiger partial charge in [0, 0.05) is 24.1 Å². The molecule has 2 amide bonds. The second kappa shape index (κ2) is 10.3. The van der Waals surface area contributed by atoms with Crippen LogP contribution in [0.4, 0.5) is 0 Å². The molecule has 0 fully saturated rings. The Morgan fingerprint density at radius 3 is 2.57 bits per heavy atom. The highest BCUT2D eigenvalue weighted by Crippen LogP contribution is 2.17. The van der Waals surface area contributed by atoms with Crippen molar-refractivity contribution in [3.63, 3.8) is 0 Å². The van der Waals surface area contributed by atoms with Crippen molar-refractivity contribution in [3.05, 3.63) is 65.2 Å². The number of carbonyl (C=O) groups excluding carboxylic acids is 2. The van der Waals surface area contributed by atoms with Crippen LogP contribution in [0.5, 0.6) is 5.75 Å². The van der Waals surface area contributed by atoms with E-state index in [-0.39, 0.29) is 23.8 Å². The Hall–Kier alpha value is -2.86. The van der Waals surface area contributed by atoms with Crippen LogP contribution in [0, 0.1) is 5.92 Å². The quantitative estimate of drug-likeness (QED) is 0.617. The van der Waals surface area contributed by atoms with Gasteiger partial charge in [0.05, 0.1) is 7.11 Å².